The molecule has 4 nitrogen and oxygen atoms in total. The Balaban J connectivity index is 2.43. The second kappa shape index (κ2) is 5.83. The first kappa shape index (κ1) is 14.9. The van der Waals surface area contributed by atoms with Gasteiger partial charge in [-0.25, -0.2) is 0 Å². The Morgan fingerprint density at radius 1 is 1.30 bits per heavy atom. The van der Waals surface area contributed by atoms with Gasteiger partial charge in [0.2, 0.25) is 5.60 Å². The van der Waals surface area contributed by atoms with Gasteiger partial charge < -0.3 is 9.64 Å². The molecule has 1 amide bonds. The van der Waals surface area contributed by atoms with Gasteiger partial charge in [-0.05, 0) is 26.0 Å². The fraction of sp³-hybridized carbons (Fsp3) is 0.467. The van der Waals surface area contributed by atoms with E-state index in [0.717, 1.165) is 0 Å². The number of halogens is 1. The van der Waals surface area contributed by atoms with Crippen LogP contribution >= 0.6 is 11.6 Å². The second-order valence-corrected chi connectivity index (χ2v) is 5.22. The molecule has 0 bridgehead atoms. The van der Waals surface area contributed by atoms with E-state index in [9.17, 15) is 9.59 Å². The smallest absolute Gasteiger partial charge is 0.307 e. The van der Waals surface area contributed by atoms with Crippen LogP contribution in [-0.2, 0) is 19.9 Å². The molecule has 2 rings (SSSR count). The number of benzene rings is 1. The molecule has 0 saturated carbocycles. The average Bonchev–Trinajstić information content (AvgIpc) is 2.84. The lowest BCUT2D eigenvalue weighted by atomic mass is 9.89. The summed E-state index contributed by atoms with van der Waals surface area (Å²) >= 11 is 5.89. The fourth-order valence-corrected chi connectivity index (χ4v) is 2.66. The maximum atomic E-state index is 12.8. The zero-order chi connectivity index (χ0) is 14.8. The van der Waals surface area contributed by atoms with Gasteiger partial charge in [0.05, 0.1) is 6.42 Å². The van der Waals surface area contributed by atoms with Crippen LogP contribution in [0.2, 0.25) is 5.02 Å². The predicted octanol–water partition coefficient (Wildman–Crippen LogP) is 2.74. The lowest BCUT2D eigenvalue weighted by Gasteiger charge is -2.32. The first-order valence-corrected chi connectivity index (χ1v) is 7.18. The fourth-order valence-electron chi connectivity index (χ4n) is 2.54. The van der Waals surface area contributed by atoms with Crippen molar-refractivity contribution >= 4 is 23.5 Å². The topological polar surface area (TPSA) is 46.6 Å². The summed E-state index contributed by atoms with van der Waals surface area (Å²) in [5.41, 5.74) is -0.502. The maximum Gasteiger partial charge on any atom is 0.307 e. The molecule has 1 aliphatic rings. The summed E-state index contributed by atoms with van der Waals surface area (Å²) in [6, 6.07) is 6.92. The second-order valence-electron chi connectivity index (χ2n) is 4.79. The largest absolute Gasteiger partial charge is 0.444 e. The van der Waals surface area contributed by atoms with Crippen molar-refractivity contribution in [1.29, 1.82) is 0 Å². The summed E-state index contributed by atoms with van der Waals surface area (Å²) in [6.45, 7) is 4.99. The van der Waals surface area contributed by atoms with E-state index in [-0.39, 0.29) is 18.3 Å². The lowest BCUT2D eigenvalue weighted by molar-refractivity contribution is -0.165. The monoisotopic (exact) mass is 295 g/mol. The molecule has 1 aliphatic heterocycles. The zero-order valence-electron chi connectivity index (χ0n) is 11.7. The van der Waals surface area contributed by atoms with E-state index in [2.05, 4.69) is 0 Å². The van der Waals surface area contributed by atoms with Crippen molar-refractivity contribution in [2.45, 2.75) is 32.3 Å². The molecule has 0 radical (unpaired) electrons. The summed E-state index contributed by atoms with van der Waals surface area (Å²) in [6.07, 6.45) is 0.637. The van der Waals surface area contributed by atoms with Crippen LogP contribution in [-0.4, -0.2) is 29.9 Å². The van der Waals surface area contributed by atoms with Gasteiger partial charge in [0.1, 0.15) is 0 Å². The summed E-state index contributed by atoms with van der Waals surface area (Å²) in [7, 11) is 0. The number of carbonyl (C=O) groups excluding carboxylic acids is 2. The highest BCUT2D eigenvalue weighted by molar-refractivity contribution is 6.30. The molecule has 1 fully saturated rings. The molecule has 1 saturated heterocycles. The van der Waals surface area contributed by atoms with Crippen molar-refractivity contribution < 1.29 is 14.3 Å². The van der Waals surface area contributed by atoms with Gasteiger partial charge in [-0.1, -0.05) is 23.7 Å². The summed E-state index contributed by atoms with van der Waals surface area (Å²) < 4.78 is 5.45. The minimum absolute atomic E-state index is 0.157. The number of rotatable bonds is 4. The van der Waals surface area contributed by atoms with E-state index in [1.54, 1.807) is 29.2 Å². The highest BCUT2D eigenvalue weighted by Gasteiger charge is 2.50. The molecule has 1 aromatic rings. The molecule has 0 aromatic heterocycles. The van der Waals surface area contributed by atoms with Gasteiger partial charge in [0.25, 0.3) is 5.91 Å². The molecule has 0 aliphatic carbocycles. The first-order valence-electron chi connectivity index (χ1n) is 6.80. The Kier molecular flexibility index (Phi) is 4.33. The van der Waals surface area contributed by atoms with Crippen LogP contribution < -0.4 is 0 Å². The number of esters is 1. The van der Waals surface area contributed by atoms with Crippen LogP contribution in [0, 0.1) is 0 Å². The molecule has 0 N–H and O–H groups in total. The molecule has 20 heavy (non-hydrogen) atoms. The van der Waals surface area contributed by atoms with Gasteiger partial charge in [0, 0.05) is 30.1 Å². The normalized spacial score (nSPS) is 21.6. The zero-order valence-corrected chi connectivity index (χ0v) is 12.4. The number of hydrogen-bond acceptors (Lipinski definition) is 3. The standard InChI is InChI=1S/C15H18ClNO3/c1-3-17(4-2)14(19)15(10-9-13(18)20-15)11-5-7-12(16)8-6-11/h5-8H,3-4,9-10H2,1-2H3. The third-order valence-electron chi connectivity index (χ3n) is 3.68. The quantitative estimate of drug-likeness (QED) is 0.803. The summed E-state index contributed by atoms with van der Waals surface area (Å²) in [5, 5.41) is 0.587. The summed E-state index contributed by atoms with van der Waals surface area (Å²) in [4.78, 5) is 26.0. The minimum atomic E-state index is -1.19. The number of carbonyl (C=O) groups is 2. The van der Waals surface area contributed by atoms with Crippen molar-refractivity contribution in [2.24, 2.45) is 0 Å². The van der Waals surface area contributed by atoms with Crippen molar-refractivity contribution in [3.05, 3.63) is 34.9 Å². The summed E-state index contributed by atoms with van der Waals surface area (Å²) in [5.74, 6) is -0.490. The lowest BCUT2D eigenvalue weighted by Crippen LogP contribution is -2.46. The number of nitrogens with zero attached hydrogens (tertiary/aromatic N) is 1. The van der Waals surface area contributed by atoms with E-state index in [1.165, 1.54) is 0 Å². The first-order chi connectivity index (χ1) is 9.53. The molecule has 1 aromatic carbocycles. The SMILES string of the molecule is CCN(CC)C(=O)C1(c2ccc(Cl)cc2)CCC(=O)O1. The average molecular weight is 296 g/mol. The van der Waals surface area contributed by atoms with Crippen LogP contribution in [0.4, 0.5) is 0 Å². The molecule has 1 unspecified atom stereocenters. The van der Waals surface area contributed by atoms with E-state index >= 15 is 0 Å². The Bertz CT molecular complexity index is 510. The predicted molar refractivity (Wildman–Crippen MR) is 76.4 cm³/mol. The molecular formula is C15H18ClNO3. The van der Waals surface area contributed by atoms with Gasteiger partial charge in [-0.3, -0.25) is 9.59 Å². The van der Waals surface area contributed by atoms with Crippen molar-refractivity contribution in [2.75, 3.05) is 13.1 Å². The third kappa shape index (κ3) is 2.52. The number of likely N-dealkylation sites (N-methyl/N-ethyl adjacent to an activating group) is 1. The van der Waals surface area contributed by atoms with Crippen molar-refractivity contribution in [3.63, 3.8) is 0 Å². The van der Waals surface area contributed by atoms with E-state index < -0.39 is 5.60 Å². The Morgan fingerprint density at radius 2 is 1.90 bits per heavy atom. The van der Waals surface area contributed by atoms with Crippen LogP contribution in [0.15, 0.2) is 24.3 Å². The number of amides is 1. The Hall–Kier alpha value is -1.55. The van der Waals surface area contributed by atoms with Gasteiger partial charge in [0.15, 0.2) is 0 Å². The van der Waals surface area contributed by atoms with Gasteiger partial charge >= 0.3 is 5.97 Å². The Labute approximate surface area is 123 Å². The van der Waals surface area contributed by atoms with Crippen LogP contribution in [0.25, 0.3) is 0 Å². The van der Waals surface area contributed by atoms with Gasteiger partial charge in [-0.15, -0.1) is 0 Å². The number of cyclic esters (lactones) is 1. The molecule has 1 atom stereocenters. The number of ether oxygens (including phenoxy) is 1. The molecule has 108 valence electrons. The third-order valence-corrected chi connectivity index (χ3v) is 3.93. The van der Waals surface area contributed by atoms with Crippen molar-refractivity contribution in [3.8, 4) is 0 Å². The van der Waals surface area contributed by atoms with Crippen LogP contribution in [0.3, 0.4) is 0 Å². The van der Waals surface area contributed by atoms with Gasteiger partial charge in [-0.2, -0.15) is 0 Å². The van der Waals surface area contributed by atoms with E-state index in [1.807, 2.05) is 13.8 Å². The van der Waals surface area contributed by atoms with Crippen LogP contribution in [0.1, 0.15) is 32.3 Å². The van der Waals surface area contributed by atoms with Crippen molar-refractivity contribution in [1.82, 2.24) is 4.90 Å². The molecule has 5 heteroatoms. The number of hydrogen-bond donors (Lipinski definition) is 0. The van der Waals surface area contributed by atoms with E-state index in [4.69, 9.17) is 16.3 Å². The molecule has 0 spiro atoms. The minimum Gasteiger partial charge on any atom is -0.444 e. The molecular weight excluding hydrogens is 278 g/mol. The van der Waals surface area contributed by atoms with E-state index in [0.29, 0.717) is 30.1 Å². The highest BCUT2D eigenvalue weighted by Crippen LogP contribution is 2.39. The highest BCUT2D eigenvalue weighted by atomic mass is 35.5. The molecule has 1 heterocycles. The maximum absolute atomic E-state index is 12.8. The van der Waals surface area contributed by atoms with Crippen LogP contribution in [0.5, 0.6) is 0 Å². The Morgan fingerprint density at radius 3 is 2.35 bits per heavy atom.